The van der Waals surface area contributed by atoms with Crippen molar-refractivity contribution in [2.45, 2.75) is 33.2 Å². The summed E-state index contributed by atoms with van der Waals surface area (Å²) < 4.78 is 10.6. The van der Waals surface area contributed by atoms with E-state index in [0.717, 1.165) is 38.5 Å². The van der Waals surface area contributed by atoms with Gasteiger partial charge >= 0.3 is 0 Å². The average Bonchev–Trinajstić information content (AvgIpc) is 3.33. The largest absolute Gasteiger partial charge is 0.497 e. The van der Waals surface area contributed by atoms with Crippen molar-refractivity contribution >= 4 is 17.2 Å². The zero-order valence-corrected chi connectivity index (χ0v) is 20.3. The van der Waals surface area contributed by atoms with Crippen molar-refractivity contribution in [3.8, 4) is 5.75 Å². The van der Waals surface area contributed by atoms with E-state index in [1.807, 2.05) is 22.3 Å². The first-order valence-corrected chi connectivity index (χ1v) is 11.9. The number of benzene rings is 1. The quantitative estimate of drug-likeness (QED) is 0.544. The number of likely N-dealkylation sites (tertiary alicyclic amines) is 1. The zero-order chi connectivity index (χ0) is 22.4. The number of methoxy groups -OCH3 is 2. The number of carbonyl (C=O) groups is 1. The second-order valence-corrected chi connectivity index (χ2v) is 9.99. The van der Waals surface area contributed by atoms with E-state index in [1.165, 1.54) is 16.0 Å². The molecule has 6 heteroatoms. The Bertz CT molecular complexity index is 851. The molecule has 1 saturated heterocycles. The Labute approximate surface area is 191 Å². The van der Waals surface area contributed by atoms with Gasteiger partial charge in [-0.25, -0.2) is 0 Å². The van der Waals surface area contributed by atoms with Gasteiger partial charge < -0.3 is 14.4 Å². The Balaban J connectivity index is 1.83. The average molecular weight is 445 g/mol. The Hall–Kier alpha value is -1.89. The van der Waals surface area contributed by atoms with Crippen LogP contribution in [0.4, 0.5) is 0 Å². The molecule has 0 unspecified atom stereocenters. The van der Waals surface area contributed by atoms with Crippen LogP contribution in [0.5, 0.6) is 5.75 Å². The van der Waals surface area contributed by atoms with Gasteiger partial charge in [0, 0.05) is 50.6 Å². The van der Waals surface area contributed by atoms with Crippen molar-refractivity contribution in [2.75, 3.05) is 47.0 Å². The van der Waals surface area contributed by atoms with E-state index in [9.17, 15) is 4.79 Å². The molecule has 0 saturated carbocycles. The van der Waals surface area contributed by atoms with Crippen LogP contribution in [0, 0.1) is 18.8 Å². The number of hydrogen-bond acceptors (Lipinski definition) is 5. The highest BCUT2D eigenvalue weighted by molar-refractivity contribution is 7.10. The van der Waals surface area contributed by atoms with Gasteiger partial charge in [0.15, 0.2) is 0 Å². The Morgan fingerprint density at radius 1 is 1.26 bits per heavy atom. The lowest BCUT2D eigenvalue weighted by Gasteiger charge is -2.30. The SMILES string of the molecule is COCC(=O)N(CC(C)C)C[C@H]1CN(Cc2sccc2C)C[C@@H]1c1cccc(OC)c1. The highest BCUT2D eigenvalue weighted by atomic mass is 32.1. The molecule has 0 spiro atoms. The Kier molecular flexibility index (Phi) is 8.52. The zero-order valence-electron chi connectivity index (χ0n) is 19.5. The molecule has 1 fully saturated rings. The molecule has 0 aliphatic carbocycles. The van der Waals surface area contributed by atoms with Crippen LogP contribution in [0.3, 0.4) is 0 Å². The van der Waals surface area contributed by atoms with E-state index in [0.29, 0.717) is 17.8 Å². The van der Waals surface area contributed by atoms with Crippen LogP contribution in [0.15, 0.2) is 35.7 Å². The molecule has 3 rings (SSSR count). The number of rotatable bonds is 10. The summed E-state index contributed by atoms with van der Waals surface area (Å²) >= 11 is 1.83. The molecule has 1 aliphatic rings. The van der Waals surface area contributed by atoms with E-state index < -0.39 is 0 Å². The van der Waals surface area contributed by atoms with Crippen molar-refractivity contribution < 1.29 is 14.3 Å². The first-order chi connectivity index (χ1) is 14.9. The number of amides is 1. The molecule has 2 atom stereocenters. The summed E-state index contributed by atoms with van der Waals surface area (Å²) in [6.07, 6.45) is 0. The smallest absolute Gasteiger partial charge is 0.248 e. The summed E-state index contributed by atoms with van der Waals surface area (Å²) in [5, 5.41) is 2.17. The van der Waals surface area contributed by atoms with Crippen molar-refractivity contribution in [3.63, 3.8) is 0 Å². The third kappa shape index (κ3) is 6.31. The molecule has 1 aromatic carbocycles. The van der Waals surface area contributed by atoms with Crippen LogP contribution in [0.1, 0.15) is 35.8 Å². The lowest BCUT2D eigenvalue weighted by molar-refractivity contribution is -0.136. The molecule has 5 nitrogen and oxygen atoms in total. The molecule has 2 aromatic rings. The fraction of sp³-hybridized carbons (Fsp3) is 0.560. The summed E-state index contributed by atoms with van der Waals surface area (Å²) in [7, 11) is 3.30. The molecular weight excluding hydrogens is 408 g/mol. The van der Waals surface area contributed by atoms with Gasteiger partial charge in [-0.15, -0.1) is 11.3 Å². The summed E-state index contributed by atoms with van der Waals surface area (Å²) in [6.45, 7) is 11.1. The summed E-state index contributed by atoms with van der Waals surface area (Å²) in [5.74, 6) is 2.11. The summed E-state index contributed by atoms with van der Waals surface area (Å²) in [4.78, 5) is 18.7. The highest BCUT2D eigenvalue weighted by Crippen LogP contribution is 2.36. The number of nitrogens with zero attached hydrogens (tertiary/aromatic N) is 2. The first-order valence-electron chi connectivity index (χ1n) is 11.1. The molecule has 1 amide bonds. The molecule has 2 heterocycles. The summed E-state index contributed by atoms with van der Waals surface area (Å²) in [5.41, 5.74) is 2.65. The van der Waals surface area contributed by atoms with E-state index in [-0.39, 0.29) is 12.5 Å². The predicted molar refractivity (Wildman–Crippen MR) is 127 cm³/mol. The molecule has 170 valence electrons. The number of aryl methyl sites for hydroxylation is 1. The standard InChI is InChI=1S/C25H36N2O3S/c1-18(2)12-27(25(28)17-29-4)14-21-13-26(16-24-19(3)9-10-31-24)15-23(21)20-7-6-8-22(11-20)30-5/h6-11,18,21,23H,12-17H2,1-5H3/t21-,23-/m1/s1. The maximum atomic E-state index is 12.8. The number of ether oxygens (including phenoxy) is 2. The third-order valence-corrected chi connectivity index (χ3v) is 7.04. The van der Waals surface area contributed by atoms with Gasteiger partial charge in [-0.2, -0.15) is 0 Å². The van der Waals surface area contributed by atoms with Crippen LogP contribution in [0.2, 0.25) is 0 Å². The van der Waals surface area contributed by atoms with Gasteiger partial charge in [0.25, 0.3) is 0 Å². The van der Waals surface area contributed by atoms with E-state index >= 15 is 0 Å². The second kappa shape index (κ2) is 11.1. The van der Waals surface area contributed by atoms with E-state index in [1.54, 1.807) is 14.2 Å². The third-order valence-electron chi connectivity index (χ3n) is 6.03. The molecule has 1 aromatic heterocycles. The van der Waals surface area contributed by atoms with Crippen LogP contribution in [-0.2, 0) is 16.1 Å². The Morgan fingerprint density at radius 2 is 2.06 bits per heavy atom. The molecule has 0 N–H and O–H groups in total. The van der Waals surface area contributed by atoms with E-state index in [2.05, 4.69) is 55.3 Å². The van der Waals surface area contributed by atoms with E-state index in [4.69, 9.17) is 9.47 Å². The van der Waals surface area contributed by atoms with Gasteiger partial charge in [-0.05, 0) is 53.5 Å². The molecule has 0 radical (unpaired) electrons. The minimum absolute atomic E-state index is 0.0770. The summed E-state index contributed by atoms with van der Waals surface area (Å²) in [6, 6.07) is 10.6. The van der Waals surface area contributed by atoms with Gasteiger partial charge in [-0.3, -0.25) is 9.69 Å². The topological polar surface area (TPSA) is 42.0 Å². The normalized spacial score (nSPS) is 19.2. The minimum atomic E-state index is 0.0770. The van der Waals surface area contributed by atoms with Crippen LogP contribution in [0.25, 0.3) is 0 Å². The lowest BCUT2D eigenvalue weighted by Crippen LogP contribution is -2.41. The minimum Gasteiger partial charge on any atom is -0.497 e. The number of carbonyl (C=O) groups excluding carboxylic acids is 1. The monoisotopic (exact) mass is 444 g/mol. The fourth-order valence-corrected chi connectivity index (χ4v) is 5.46. The molecule has 1 aliphatic heterocycles. The number of hydrogen-bond donors (Lipinski definition) is 0. The van der Waals surface area contributed by atoms with Gasteiger partial charge in [0.05, 0.1) is 7.11 Å². The van der Waals surface area contributed by atoms with Gasteiger partial charge in [-0.1, -0.05) is 26.0 Å². The van der Waals surface area contributed by atoms with Crippen molar-refractivity contribution in [2.24, 2.45) is 11.8 Å². The predicted octanol–water partition coefficient (Wildman–Crippen LogP) is 4.41. The van der Waals surface area contributed by atoms with Crippen molar-refractivity contribution in [3.05, 3.63) is 51.7 Å². The highest BCUT2D eigenvalue weighted by Gasteiger charge is 2.36. The Morgan fingerprint density at radius 3 is 2.71 bits per heavy atom. The van der Waals surface area contributed by atoms with Crippen molar-refractivity contribution in [1.82, 2.24) is 9.80 Å². The number of thiophene rings is 1. The maximum absolute atomic E-state index is 12.8. The molecule has 31 heavy (non-hydrogen) atoms. The van der Waals surface area contributed by atoms with Gasteiger partial charge in [0.2, 0.25) is 5.91 Å². The molecular formula is C25H36N2O3S. The van der Waals surface area contributed by atoms with Crippen LogP contribution in [-0.4, -0.2) is 62.7 Å². The molecule has 0 bridgehead atoms. The van der Waals surface area contributed by atoms with Crippen molar-refractivity contribution in [1.29, 1.82) is 0 Å². The fourth-order valence-electron chi connectivity index (χ4n) is 4.51. The first kappa shape index (κ1) is 23.8. The van der Waals surface area contributed by atoms with Crippen LogP contribution < -0.4 is 4.74 Å². The van der Waals surface area contributed by atoms with Crippen LogP contribution >= 0.6 is 11.3 Å². The lowest BCUT2D eigenvalue weighted by atomic mass is 9.88. The maximum Gasteiger partial charge on any atom is 0.248 e. The second-order valence-electron chi connectivity index (χ2n) is 8.99. The van der Waals surface area contributed by atoms with Gasteiger partial charge in [0.1, 0.15) is 12.4 Å².